The quantitative estimate of drug-likeness (QED) is 0.413. The average Bonchev–Trinajstić information content (AvgIpc) is 3.16. The number of fused-ring (bicyclic) bond motifs is 1. The third-order valence-electron chi connectivity index (χ3n) is 8.14. The monoisotopic (exact) mass is 702 g/mol. The number of aromatic nitrogens is 1. The predicted molar refractivity (Wildman–Crippen MR) is 168 cm³/mol. The first-order valence-corrected chi connectivity index (χ1v) is 17.1. The number of piperazine rings is 1. The number of anilines is 2. The number of halogens is 4. The fourth-order valence-electron chi connectivity index (χ4n) is 5.91. The van der Waals surface area contributed by atoms with E-state index in [0.717, 1.165) is 25.1 Å². The van der Waals surface area contributed by atoms with E-state index in [4.69, 9.17) is 21.1 Å². The van der Waals surface area contributed by atoms with E-state index in [1.54, 1.807) is 42.7 Å². The van der Waals surface area contributed by atoms with E-state index >= 15 is 0 Å². The molecule has 3 aliphatic rings. The molecule has 3 fully saturated rings. The van der Waals surface area contributed by atoms with Crippen LogP contribution in [0.15, 0.2) is 41.3 Å². The number of rotatable bonds is 7. The fraction of sp³-hybridized carbons (Fsp3) is 0.567. The SMILES string of the molecule is CC(C)(C)OC(=O)NCCN1CCC[C@H]2OC(=O)N(c3ccc(S(=O)(=O)N4CCN(c5cc(C(F)(F)F)cc(Cl)n5)CC4)cc3)[C@H]2C1. The van der Waals surface area contributed by atoms with Gasteiger partial charge in [0.25, 0.3) is 0 Å². The van der Waals surface area contributed by atoms with Crippen LogP contribution in [0.25, 0.3) is 0 Å². The number of sulfonamides is 1. The number of alkyl carbamates (subject to hydrolysis) is 1. The number of carbonyl (C=O) groups excluding carboxylic acids is 2. The van der Waals surface area contributed by atoms with Gasteiger partial charge in [0.05, 0.1) is 16.5 Å². The third kappa shape index (κ3) is 8.39. The molecule has 2 aromatic rings. The topological polar surface area (TPSA) is 125 Å². The van der Waals surface area contributed by atoms with Gasteiger partial charge in [-0.15, -0.1) is 0 Å². The molecule has 0 spiro atoms. The molecular formula is C30H38ClF3N6O6S. The third-order valence-corrected chi connectivity index (χ3v) is 10.2. The minimum absolute atomic E-state index is 0.0229. The van der Waals surface area contributed by atoms with Crippen LogP contribution in [0.1, 0.15) is 39.2 Å². The molecule has 5 rings (SSSR count). The predicted octanol–water partition coefficient (Wildman–Crippen LogP) is 4.58. The smallest absolute Gasteiger partial charge is 0.416 e. The number of amides is 2. The molecular weight excluding hydrogens is 665 g/mol. The highest BCUT2D eigenvalue weighted by Crippen LogP contribution is 2.34. The molecule has 3 aliphatic heterocycles. The van der Waals surface area contributed by atoms with Crippen LogP contribution in [0.2, 0.25) is 5.15 Å². The van der Waals surface area contributed by atoms with E-state index < -0.39 is 39.6 Å². The molecule has 17 heteroatoms. The largest absolute Gasteiger partial charge is 0.444 e. The van der Waals surface area contributed by atoms with Gasteiger partial charge in [0.1, 0.15) is 22.7 Å². The molecule has 0 bridgehead atoms. The molecule has 3 saturated heterocycles. The summed E-state index contributed by atoms with van der Waals surface area (Å²) in [5, 5.41) is 2.46. The van der Waals surface area contributed by atoms with Crippen molar-refractivity contribution < 1.29 is 40.7 Å². The Morgan fingerprint density at radius 1 is 1.09 bits per heavy atom. The van der Waals surface area contributed by atoms with Gasteiger partial charge >= 0.3 is 18.4 Å². The summed E-state index contributed by atoms with van der Waals surface area (Å²) < 4.78 is 79.0. The summed E-state index contributed by atoms with van der Waals surface area (Å²) in [6.45, 7) is 7.84. The van der Waals surface area contributed by atoms with Gasteiger partial charge in [0.2, 0.25) is 10.0 Å². The van der Waals surface area contributed by atoms with Gasteiger partial charge < -0.3 is 19.7 Å². The molecule has 258 valence electrons. The summed E-state index contributed by atoms with van der Waals surface area (Å²) >= 11 is 5.83. The average molecular weight is 703 g/mol. The lowest BCUT2D eigenvalue weighted by molar-refractivity contribution is -0.137. The zero-order chi connectivity index (χ0) is 34.1. The normalized spacial score (nSPS) is 21.6. The molecule has 2 amide bonds. The van der Waals surface area contributed by atoms with E-state index in [9.17, 15) is 31.2 Å². The Hall–Kier alpha value is -3.34. The van der Waals surface area contributed by atoms with E-state index in [1.165, 1.54) is 16.4 Å². The Morgan fingerprint density at radius 3 is 2.40 bits per heavy atom. The van der Waals surface area contributed by atoms with Crippen molar-refractivity contribution in [2.75, 3.05) is 62.2 Å². The molecule has 12 nitrogen and oxygen atoms in total. The van der Waals surface area contributed by atoms with Gasteiger partial charge in [0.15, 0.2) is 0 Å². The van der Waals surface area contributed by atoms with Crippen LogP contribution in [-0.2, 0) is 25.7 Å². The van der Waals surface area contributed by atoms with Gasteiger partial charge in [-0.3, -0.25) is 9.80 Å². The summed E-state index contributed by atoms with van der Waals surface area (Å²) in [5.74, 6) is 0.0263. The second-order valence-electron chi connectivity index (χ2n) is 12.7. The Morgan fingerprint density at radius 2 is 1.77 bits per heavy atom. The molecule has 1 aromatic heterocycles. The Labute approximate surface area is 276 Å². The number of pyridine rings is 1. The van der Waals surface area contributed by atoms with Crippen LogP contribution >= 0.6 is 11.6 Å². The Kier molecular flexibility index (Phi) is 10.2. The number of benzene rings is 1. The van der Waals surface area contributed by atoms with Crippen LogP contribution in [-0.4, -0.2) is 105 Å². The second-order valence-corrected chi connectivity index (χ2v) is 15.0. The first-order valence-electron chi connectivity index (χ1n) is 15.3. The van der Waals surface area contributed by atoms with Crippen molar-refractivity contribution in [3.05, 3.63) is 47.1 Å². The van der Waals surface area contributed by atoms with Crippen LogP contribution < -0.4 is 15.1 Å². The summed E-state index contributed by atoms with van der Waals surface area (Å²) in [5.41, 5.74) is -1.04. The number of nitrogens with one attached hydrogen (secondary N) is 1. The van der Waals surface area contributed by atoms with Crippen molar-refractivity contribution >= 4 is 45.3 Å². The van der Waals surface area contributed by atoms with Crippen molar-refractivity contribution in [3.8, 4) is 0 Å². The fourth-order valence-corrected chi connectivity index (χ4v) is 7.54. The molecule has 0 radical (unpaired) electrons. The summed E-state index contributed by atoms with van der Waals surface area (Å²) in [6, 6.07) is 7.35. The highest BCUT2D eigenvalue weighted by Gasteiger charge is 2.44. The van der Waals surface area contributed by atoms with Gasteiger partial charge in [0, 0.05) is 51.5 Å². The molecule has 47 heavy (non-hydrogen) atoms. The molecule has 0 aliphatic carbocycles. The lowest BCUT2D eigenvalue weighted by Gasteiger charge is -2.35. The molecule has 2 atom stereocenters. The van der Waals surface area contributed by atoms with Crippen LogP contribution in [0, 0.1) is 0 Å². The standard InChI is InChI=1S/C30H38ClF3N6O6S/c1-29(2,3)46-27(41)35-10-12-37-11-4-5-24-23(19-37)40(28(42)45-24)21-6-8-22(9-7-21)47(43,44)39-15-13-38(14-16-39)26-18-20(30(32,33)34)17-25(31)36-26/h6-9,17-18,23-24H,4-5,10-16,19H2,1-3H3,(H,35,41)/t23-,24+/m0/s1. The zero-order valence-corrected chi connectivity index (χ0v) is 27.9. The van der Waals surface area contributed by atoms with Gasteiger partial charge in [-0.25, -0.2) is 23.0 Å². The number of likely N-dealkylation sites (tertiary alicyclic amines) is 1. The lowest BCUT2D eigenvalue weighted by Crippen LogP contribution is -2.49. The summed E-state index contributed by atoms with van der Waals surface area (Å²) in [4.78, 5) is 34.3. The molecule has 1 N–H and O–H groups in total. The van der Waals surface area contributed by atoms with Crippen molar-refractivity contribution in [2.45, 2.75) is 62.4 Å². The number of alkyl halides is 3. The van der Waals surface area contributed by atoms with Gasteiger partial charge in [-0.05, 0) is 76.6 Å². The van der Waals surface area contributed by atoms with E-state index in [1.807, 2.05) is 0 Å². The molecule has 0 saturated carbocycles. The van der Waals surface area contributed by atoms with Gasteiger partial charge in [-0.2, -0.15) is 17.5 Å². The first kappa shape index (κ1) is 35.0. The van der Waals surface area contributed by atoms with Crippen LogP contribution in [0.4, 0.5) is 34.3 Å². The zero-order valence-electron chi connectivity index (χ0n) is 26.3. The van der Waals surface area contributed by atoms with Crippen molar-refractivity contribution in [1.82, 2.24) is 19.5 Å². The minimum Gasteiger partial charge on any atom is -0.444 e. The maximum atomic E-state index is 13.5. The maximum Gasteiger partial charge on any atom is 0.416 e. The number of ether oxygens (including phenoxy) is 2. The number of hydrogen-bond acceptors (Lipinski definition) is 9. The summed E-state index contributed by atoms with van der Waals surface area (Å²) in [7, 11) is -3.94. The van der Waals surface area contributed by atoms with Crippen molar-refractivity contribution in [2.24, 2.45) is 0 Å². The molecule has 4 heterocycles. The van der Waals surface area contributed by atoms with Crippen LogP contribution in [0.5, 0.6) is 0 Å². The van der Waals surface area contributed by atoms with Crippen molar-refractivity contribution in [3.63, 3.8) is 0 Å². The molecule has 1 aromatic carbocycles. The van der Waals surface area contributed by atoms with Crippen LogP contribution in [0.3, 0.4) is 0 Å². The number of carbonyl (C=O) groups is 2. The summed E-state index contributed by atoms with van der Waals surface area (Å²) in [6.07, 6.45) is -4.46. The number of hydrogen-bond donors (Lipinski definition) is 1. The number of nitrogens with zero attached hydrogens (tertiary/aromatic N) is 5. The van der Waals surface area contributed by atoms with Gasteiger partial charge in [-0.1, -0.05) is 11.6 Å². The second kappa shape index (κ2) is 13.6. The highest BCUT2D eigenvalue weighted by atomic mass is 35.5. The maximum absolute atomic E-state index is 13.5. The Bertz CT molecular complexity index is 1570. The molecule has 0 unspecified atom stereocenters. The van der Waals surface area contributed by atoms with E-state index in [0.29, 0.717) is 31.7 Å². The van der Waals surface area contributed by atoms with E-state index in [2.05, 4.69) is 15.2 Å². The first-order chi connectivity index (χ1) is 22.0. The lowest BCUT2D eigenvalue weighted by atomic mass is 10.1. The highest BCUT2D eigenvalue weighted by molar-refractivity contribution is 7.89. The minimum atomic E-state index is -4.60. The Balaban J connectivity index is 1.21. The van der Waals surface area contributed by atoms with Crippen molar-refractivity contribution in [1.29, 1.82) is 0 Å². The van der Waals surface area contributed by atoms with E-state index in [-0.39, 0.29) is 54.2 Å².